The molecule has 1 N–H and O–H groups in total. The first-order valence-electron chi connectivity index (χ1n) is 6.89. The third-order valence-electron chi connectivity index (χ3n) is 3.65. The fourth-order valence-electron chi connectivity index (χ4n) is 2.39. The van der Waals surface area contributed by atoms with Gasteiger partial charge in [-0.15, -0.1) is 0 Å². The number of rotatable bonds is 4. The third-order valence-corrected chi connectivity index (χ3v) is 3.84. The average Bonchev–Trinajstić information content (AvgIpc) is 2.39. The third kappa shape index (κ3) is 5.00. The second-order valence-corrected chi connectivity index (χ2v) is 5.75. The summed E-state index contributed by atoms with van der Waals surface area (Å²) in [5.74, 6) is -0.486. The number of likely N-dealkylation sites (tertiary alicyclic amines) is 1. The van der Waals surface area contributed by atoms with Gasteiger partial charge >= 0.3 is 6.18 Å². The van der Waals surface area contributed by atoms with Crippen LogP contribution in [0.1, 0.15) is 25.1 Å². The fraction of sp³-hybridized carbons (Fsp3) is 0.692. The zero-order valence-electron chi connectivity index (χ0n) is 11.8. The predicted octanol–water partition coefficient (Wildman–Crippen LogP) is 3.29. The van der Waals surface area contributed by atoms with Crippen LogP contribution in [-0.4, -0.2) is 41.5 Å². The molecule has 1 aromatic rings. The first-order chi connectivity index (χ1) is 9.84. The summed E-state index contributed by atoms with van der Waals surface area (Å²) in [5, 5.41) is 2.70. The van der Waals surface area contributed by atoms with E-state index in [0.29, 0.717) is 12.5 Å². The van der Waals surface area contributed by atoms with E-state index < -0.39 is 12.0 Å². The molecule has 1 saturated heterocycles. The highest BCUT2D eigenvalue weighted by molar-refractivity contribution is 6.29. The highest BCUT2D eigenvalue weighted by Crippen LogP contribution is 2.28. The molecular weight excluding hydrogens is 305 g/mol. The minimum Gasteiger partial charge on any atom is -0.370 e. The molecule has 1 aliphatic rings. The van der Waals surface area contributed by atoms with Gasteiger partial charge in [-0.3, -0.25) is 0 Å². The molecule has 2 heterocycles. The molecule has 2 rings (SSSR count). The zero-order valence-corrected chi connectivity index (χ0v) is 12.5. The second-order valence-electron chi connectivity index (χ2n) is 5.36. The Balaban J connectivity index is 1.87. The van der Waals surface area contributed by atoms with E-state index in [1.54, 1.807) is 0 Å². The number of halogens is 4. The summed E-state index contributed by atoms with van der Waals surface area (Å²) < 4.78 is 37.7. The molecule has 118 valence electrons. The van der Waals surface area contributed by atoms with Gasteiger partial charge in [-0.1, -0.05) is 11.6 Å². The number of piperidine rings is 1. The average molecular weight is 323 g/mol. The van der Waals surface area contributed by atoms with Crippen molar-refractivity contribution in [1.29, 1.82) is 0 Å². The summed E-state index contributed by atoms with van der Waals surface area (Å²) in [6.07, 6.45) is -1.43. The van der Waals surface area contributed by atoms with Gasteiger partial charge in [0, 0.05) is 12.6 Å². The van der Waals surface area contributed by atoms with E-state index in [1.807, 2.05) is 0 Å². The van der Waals surface area contributed by atoms with Crippen LogP contribution < -0.4 is 5.32 Å². The molecule has 21 heavy (non-hydrogen) atoms. The van der Waals surface area contributed by atoms with Crippen molar-refractivity contribution in [2.24, 2.45) is 5.92 Å². The summed E-state index contributed by atoms with van der Waals surface area (Å²) in [7, 11) is 2.09. The van der Waals surface area contributed by atoms with Crippen molar-refractivity contribution in [3.8, 4) is 0 Å². The van der Waals surface area contributed by atoms with Crippen LogP contribution in [0.15, 0.2) is 6.07 Å². The second kappa shape index (κ2) is 6.79. The van der Waals surface area contributed by atoms with Gasteiger partial charge < -0.3 is 10.2 Å². The molecule has 0 radical (unpaired) electrons. The quantitative estimate of drug-likeness (QED) is 0.864. The van der Waals surface area contributed by atoms with E-state index in [2.05, 4.69) is 27.2 Å². The van der Waals surface area contributed by atoms with Crippen molar-refractivity contribution in [2.75, 3.05) is 32.0 Å². The Hall–Kier alpha value is -1.08. The van der Waals surface area contributed by atoms with Crippen molar-refractivity contribution in [2.45, 2.75) is 25.4 Å². The molecule has 8 heteroatoms. The van der Waals surface area contributed by atoms with E-state index >= 15 is 0 Å². The lowest BCUT2D eigenvalue weighted by Crippen LogP contribution is -2.30. The Morgan fingerprint density at radius 2 is 2.00 bits per heavy atom. The van der Waals surface area contributed by atoms with Crippen molar-refractivity contribution >= 4 is 17.4 Å². The van der Waals surface area contributed by atoms with Gasteiger partial charge in [-0.05, 0) is 45.3 Å². The van der Waals surface area contributed by atoms with Crippen LogP contribution in [0, 0.1) is 5.92 Å². The maximum Gasteiger partial charge on any atom is 0.451 e. The molecule has 0 aliphatic carbocycles. The van der Waals surface area contributed by atoms with E-state index in [-0.39, 0.29) is 11.0 Å². The molecule has 0 bridgehead atoms. The molecule has 0 aromatic carbocycles. The highest BCUT2D eigenvalue weighted by atomic mass is 35.5. The van der Waals surface area contributed by atoms with E-state index in [9.17, 15) is 13.2 Å². The lowest BCUT2D eigenvalue weighted by molar-refractivity contribution is -0.144. The number of hydrogen-bond acceptors (Lipinski definition) is 4. The molecule has 4 nitrogen and oxygen atoms in total. The Morgan fingerprint density at radius 3 is 2.62 bits per heavy atom. The molecule has 0 unspecified atom stereocenters. The van der Waals surface area contributed by atoms with Crippen molar-refractivity contribution in [1.82, 2.24) is 14.9 Å². The first-order valence-corrected chi connectivity index (χ1v) is 7.26. The van der Waals surface area contributed by atoms with E-state index in [4.69, 9.17) is 11.6 Å². The highest BCUT2D eigenvalue weighted by Gasteiger charge is 2.35. The molecule has 0 spiro atoms. The fourth-order valence-corrected chi connectivity index (χ4v) is 2.57. The Bertz CT molecular complexity index is 473. The van der Waals surface area contributed by atoms with Gasteiger partial charge in [0.2, 0.25) is 5.82 Å². The number of nitrogens with zero attached hydrogens (tertiary/aromatic N) is 3. The summed E-state index contributed by atoms with van der Waals surface area (Å²) in [6.45, 7) is 2.73. The number of hydrogen-bond donors (Lipinski definition) is 1. The molecule has 0 saturated carbocycles. The topological polar surface area (TPSA) is 41.0 Å². The Labute approximate surface area is 126 Å². The summed E-state index contributed by atoms with van der Waals surface area (Å²) >= 11 is 5.60. The molecular formula is C13H18ClF3N4. The van der Waals surface area contributed by atoms with Gasteiger partial charge in [0.1, 0.15) is 11.0 Å². The Kier molecular flexibility index (Phi) is 5.27. The molecule has 1 aliphatic heterocycles. The smallest absolute Gasteiger partial charge is 0.370 e. The standard InChI is InChI=1S/C13H18ClF3N4/c1-21-6-3-9(4-7-21)2-5-18-11-8-10(14)19-12(20-11)13(15,16)17/h8-9H,2-7H2,1H3,(H,18,19,20). The first kappa shape index (κ1) is 16.3. The number of aromatic nitrogens is 2. The van der Waals surface area contributed by atoms with Gasteiger partial charge in [0.15, 0.2) is 0 Å². The van der Waals surface area contributed by atoms with Crippen LogP contribution in [-0.2, 0) is 6.18 Å². The van der Waals surface area contributed by atoms with Crippen LogP contribution in [0.2, 0.25) is 5.15 Å². The molecule has 1 aromatic heterocycles. The number of alkyl halides is 3. The number of anilines is 1. The van der Waals surface area contributed by atoms with Crippen LogP contribution in [0.25, 0.3) is 0 Å². The normalized spacial score (nSPS) is 18.0. The zero-order chi connectivity index (χ0) is 15.5. The minimum atomic E-state index is -4.59. The van der Waals surface area contributed by atoms with Crippen molar-refractivity contribution in [3.63, 3.8) is 0 Å². The van der Waals surface area contributed by atoms with E-state index in [1.165, 1.54) is 6.07 Å². The minimum absolute atomic E-state index is 0.121. The van der Waals surface area contributed by atoms with Gasteiger partial charge in [0.05, 0.1) is 0 Å². The maximum absolute atomic E-state index is 12.6. The van der Waals surface area contributed by atoms with Crippen molar-refractivity contribution in [3.05, 3.63) is 17.0 Å². The molecule has 1 fully saturated rings. The van der Waals surface area contributed by atoms with Crippen LogP contribution in [0.3, 0.4) is 0 Å². The van der Waals surface area contributed by atoms with Crippen LogP contribution in [0.5, 0.6) is 0 Å². The van der Waals surface area contributed by atoms with Crippen LogP contribution in [0.4, 0.5) is 19.0 Å². The molecule has 0 amide bonds. The van der Waals surface area contributed by atoms with Crippen molar-refractivity contribution < 1.29 is 13.2 Å². The van der Waals surface area contributed by atoms with Gasteiger partial charge in [-0.25, -0.2) is 9.97 Å². The van der Waals surface area contributed by atoms with E-state index in [0.717, 1.165) is 32.4 Å². The predicted molar refractivity (Wildman–Crippen MR) is 75.4 cm³/mol. The number of nitrogens with one attached hydrogen (secondary N) is 1. The van der Waals surface area contributed by atoms with Crippen LogP contribution >= 0.6 is 11.6 Å². The lowest BCUT2D eigenvalue weighted by atomic mass is 9.94. The monoisotopic (exact) mass is 322 g/mol. The largest absolute Gasteiger partial charge is 0.451 e. The maximum atomic E-state index is 12.6. The van der Waals surface area contributed by atoms with Gasteiger partial charge in [0.25, 0.3) is 0 Å². The summed E-state index contributed by atoms with van der Waals surface area (Å²) in [5.41, 5.74) is 0. The lowest BCUT2D eigenvalue weighted by Gasteiger charge is -2.28. The Morgan fingerprint density at radius 1 is 1.33 bits per heavy atom. The summed E-state index contributed by atoms with van der Waals surface area (Å²) in [6, 6.07) is 1.31. The molecule has 0 atom stereocenters. The summed E-state index contributed by atoms with van der Waals surface area (Å²) in [4.78, 5) is 8.94. The van der Waals surface area contributed by atoms with Gasteiger partial charge in [-0.2, -0.15) is 13.2 Å². The SMILES string of the molecule is CN1CCC(CCNc2cc(Cl)nc(C(F)(F)F)n2)CC1.